The average molecular weight is 377 g/mol. The smallest absolute Gasteiger partial charge is 0.258 e. The zero-order chi connectivity index (χ0) is 16.7. The minimum atomic E-state index is -0.129. The Kier molecular flexibility index (Phi) is 6.62. The summed E-state index contributed by atoms with van der Waals surface area (Å²) in [5, 5.41) is 2.93. The van der Waals surface area contributed by atoms with Gasteiger partial charge in [0.05, 0.1) is 6.04 Å². The zero-order valence-corrected chi connectivity index (χ0v) is 14.9. The van der Waals surface area contributed by atoms with Crippen LogP contribution in [0.1, 0.15) is 11.6 Å². The van der Waals surface area contributed by atoms with Crippen molar-refractivity contribution in [2.75, 3.05) is 27.2 Å². The minimum Gasteiger partial charge on any atom is -0.484 e. The van der Waals surface area contributed by atoms with Crippen LogP contribution in [-0.2, 0) is 4.79 Å². The Hall–Kier alpha value is -1.85. The normalized spacial score (nSPS) is 12.0. The molecule has 0 spiro atoms. The Bertz CT molecular complexity index is 615. The maximum absolute atomic E-state index is 12.0. The van der Waals surface area contributed by atoms with Gasteiger partial charge >= 0.3 is 0 Å². The maximum Gasteiger partial charge on any atom is 0.258 e. The van der Waals surface area contributed by atoms with E-state index in [4.69, 9.17) is 4.74 Å². The van der Waals surface area contributed by atoms with E-state index in [0.717, 1.165) is 4.47 Å². The summed E-state index contributed by atoms with van der Waals surface area (Å²) in [6, 6.07) is 17.7. The number of ether oxygens (including phenoxy) is 1. The van der Waals surface area contributed by atoms with Crippen molar-refractivity contribution >= 4 is 21.8 Å². The highest BCUT2D eigenvalue weighted by Crippen LogP contribution is 2.17. The fourth-order valence-corrected chi connectivity index (χ4v) is 2.48. The van der Waals surface area contributed by atoms with Crippen molar-refractivity contribution in [2.45, 2.75) is 6.04 Å². The van der Waals surface area contributed by atoms with E-state index >= 15 is 0 Å². The van der Waals surface area contributed by atoms with E-state index in [1.807, 2.05) is 56.6 Å². The van der Waals surface area contributed by atoms with Crippen LogP contribution in [0.2, 0.25) is 0 Å². The van der Waals surface area contributed by atoms with E-state index in [0.29, 0.717) is 12.3 Å². The van der Waals surface area contributed by atoms with E-state index in [1.54, 1.807) is 0 Å². The molecule has 4 nitrogen and oxygen atoms in total. The van der Waals surface area contributed by atoms with Crippen molar-refractivity contribution in [2.24, 2.45) is 0 Å². The molecule has 122 valence electrons. The van der Waals surface area contributed by atoms with Gasteiger partial charge in [0.15, 0.2) is 6.61 Å². The maximum atomic E-state index is 12.0. The Morgan fingerprint density at radius 1 is 1.13 bits per heavy atom. The largest absolute Gasteiger partial charge is 0.484 e. The lowest BCUT2D eigenvalue weighted by Gasteiger charge is -2.25. The summed E-state index contributed by atoms with van der Waals surface area (Å²) in [7, 11) is 4.00. The molecular weight excluding hydrogens is 356 g/mol. The van der Waals surface area contributed by atoms with Crippen LogP contribution < -0.4 is 10.1 Å². The molecule has 0 unspecified atom stereocenters. The van der Waals surface area contributed by atoms with Crippen LogP contribution in [0.25, 0.3) is 0 Å². The number of benzene rings is 2. The molecule has 0 saturated carbocycles. The molecule has 0 aliphatic heterocycles. The van der Waals surface area contributed by atoms with Gasteiger partial charge in [-0.15, -0.1) is 0 Å². The Labute approximate surface area is 145 Å². The van der Waals surface area contributed by atoms with Crippen molar-refractivity contribution in [3.63, 3.8) is 0 Å². The number of amides is 1. The number of halogens is 1. The number of hydrogen-bond donors (Lipinski definition) is 1. The van der Waals surface area contributed by atoms with Crippen LogP contribution in [0, 0.1) is 0 Å². The number of nitrogens with one attached hydrogen (secondary N) is 1. The lowest BCUT2D eigenvalue weighted by atomic mass is 10.1. The first-order chi connectivity index (χ1) is 11.1. The second kappa shape index (κ2) is 8.70. The molecule has 2 aromatic carbocycles. The molecule has 1 atom stereocenters. The van der Waals surface area contributed by atoms with Crippen LogP contribution >= 0.6 is 15.9 Å². The third-order valence-corrected chi connectivity index (χ3v) is 4.01. The van der Waals surface area contributed by atoms with Gasteiger partial charge in [-0.25, -0.2) is 0 Å². The fourth-order valence-electron chi connectivity index (χ4n) is 2.21. The van der Waals surface area contributed by atoms with E-state index in [9.17, 15) is 4.79 Å². The molecular formula is C18H21BrN2O2. The van der Waals surface area contributed by atoms with Gasteiger partial charge in [0, 0.05) is 11.0 Å². The first kappa shape index (κ1) is 17.5. The standard InChI is InChI=1S/C18H21BrN2O2/c1-21(2)17(14-6-4-3-5-7-14)12-20-18(22)13-23-16-10-8-15(19)9-11-16/h3-11,17H,12-13H2,1-2H3,(H,20,22)/t17-/m0/s1. The summed E-state index contributed by atoms with van der Waals surface area (Å²) >= 11 is 3.36. The molecule has 0 heterocycles. The highest BCUT2D eigenvalue weighted by molar-refractivity contribution is 9.10. The number of likely N-dealkylation sites (N-methyl/N-ethyl adjacent to an activating group) is 1. The number of rotatable bonds is 7. The first-order valence-electron chi connectivity index (χ1n) is 7.42. The van der Waals surface area contributed by atoms with Gasteiger partial charge in [-0.1, -0.05) is 46.3 Å². The van der Waals surface area contributed by atoms with Crippen molar-refractivity contribution in [3.05, 3.63) is 64.6 Å². The van der Waals surface area contributed by atoms with Crippen molar-refractivity contribution in [1.82, 2.24) is 10.2 Å². The summed E-state index contributed by atoms with van der Waals surface area (Å²) in [5.74, 6) is 0.547. The molecule has 0 saturated heterocycles. The molecule has 2 rings (SSSR count). The molecule has 1 amide bonds. The number of carbonyl (C=O) groups is 1. The Balaban J connectivity index is 1.83. The predicted octanol–water partition coefficient (Wildman–Crippen LogP) is 3.25. The molecule has 0 aliphatic rings. The summed E-state index contributed by atoms with van der Waals surface area (Å²) in [6.07, 6.45) is 0. The van der Waals surface area contributed by atoms with Gasteiger partial charge in [-0.3, -0.25) is 4.79 Å². The molecule has 0 radical (unpaired) electrons. The van der Waals surface area contributed by atoms with E-state index in [2.05, 4.69) is 38.3 Å². The number of hydrogen-bond acceptors (Lipinski definition) is 3. The van der Waals surface area contributed by atoms with E-state index in [1.165, 1.54) is 5.56 Å². The van der Waals surface area contributed by atoms with Crippen molar-refractivity contribution < 1.29 is 9.53 Å². The highest BCUT2D eigenvalue weighted by Gasteiger charge is 2.15. The molecule has 5 heteroatoms. The Morgan fingerprint density at radius 3 is 2.39 bits per heavy atom. The topological polar surface area (TPSA) is 41.6 Å². The van der Waals surface area contributed by atoms with E-state index in [-0.39, 0.29) is 18.6 Å². The summed E-state index contributed by atoms with van der Waals surface area (Å²) in [4.78, 5) is 14.1. The average Bonchev–Trinajstić information content (AvgIpc) is 2.55. The second-order valence-corrected chi connectivity index (χ2v) is 6.35. The fraction of sp³-hybridized carbons (Fsp3) is 0.278. The Morgan fingerprint density at radius 2 is 1.78 bits per heavy atom. The zero-order valence-electron chi connectivity index (χ0n) is 13.3. The van der Waals surface area contributed by atoms with Crippen molar-refractivity contribution in [1.29, 1.82) is 0 Å². The summed E-state index contributed by atoms with van der Waals surface area (Å²) in [6.45, 7) is 0.552. The second-order valence-electron chi connectivity index (χ2n) is 5.44. The third kappa shape index (κ3) is 5.69. The van der Waals surface area contributed by atoms with Gasteiger partial charge in [-0.05, 0) is 43.9 Å². The lowest BCUT2D eigenvalue weighted by molar-refractivity contribution is -0.123. The van der Waals surface area contributed by atoms with Gasteiger partial charge in [0.25, 0.3) is 5.91 Å². The molecule has 2 aromatic rings. The molecule has 0 fully saturated rings. The first-order valence-corrected chi connectivity index (χ1v) is 8.22. The monoisotopic (exact) mass is 376 g/mol. The molecule has 1 N–H and O–H groups in total. The number of carbonyl (C=O) groups excluding carboxylic acids is 1. The highest BCUT2D eigenvalue weighted by atomic mass is 79.9. The third-order valence-electron chi connectivity index (χ3n) is 3.48. The quantitative estimate of drug-likeness (QED) is 0.806. The molecule has 0 bridgehead atoms. The van der Waals surface area contributed by atoms with Crippen LogP contribution in [0.4, 0.5) is 0 Å². The van der Waals surface area contributed by atoms with Crippen LogP contribution in [0.3, 0.4) is 0 Å². The van der Waals surface area contributed by atoms with Crippen LogP contribution in [-0.4, -0.2) is 38.1 Å². The van der Waals surface area contributed by atoms with Gasteiger partial charge in [0.1, 0.15) is 5.75 Å². The van der Waals surface area contributed by atoms with Crippen LogP contribution in [0.5, 0.6) is 5.75 Å². The van der Waals surface area contributed by atoms with Crippen LogP contribution in [0.15, 0.2) is 59.1 Å². The number of nitrogens with zero attached hydrogens (tertiary/aromatic N) is 1. The minimum absolute atomic E-state index is 0.0105. The van der Waals surface area contributed by atoms with Gasteiger partial charge in [0.2, 0.25) is 0 Å². The van der Waals surface area contributed by atoms with Gasteiger partial charge < -0.3 is 15.0 Å². The summed E-state index contributed by atoms with van der Waals surface area (Å²) in [5.41, 5.74) is 1.17. The molecule has 0 aliphatic carbocycles. The summed E-state index contributed by atoms with van der Waals surface area (Å²) < 4.78 is 6.45. The SMILES string of the molecule is CN(C)[C@@H](CNC(=O)COc1ccc(Br)cc1)c1ccccc1. The molecule has 0 aromatic heterocycles. The van der Waals surface area contributed by atoms with Gasteiger partial charge in [-0.2, -0.15) is 0 Å². The van der Waals surface area contributed by atoms with E-state index < -0.39 is 0 Å². The predicted molar refractivity (Wildman–Crippen MR) is 95.5 cm³/mol. The molecule has 23 heavy (non-hydrogen) atoms. The van der Waals surface area contributed by atoms with Crippen molar-refractivity contribution in [3.8, 4) is 5.75 Å². The lowest BCUT2D eigenvalue weighted by Crippen LogP contribution is -2.36.